The van der Waals surface area contributed by atoms with Gasteiger partial charge in [0.15, 0.2) is 11.5 Å². The summed E-state index contributed by atoms with van der Waals surface area (Å²) in [5.74, 6) is 5.56. The van der Waals surface area contributed by atoms with E-state index in [-0.39, 0.29) is 17.8 Å². The molecule has 0 atom stereocenters. The minimum atomic E-state index is -0.0235. The molecule has 90 valence electrons. The van der Waals surface area contributed by atoms with Crippen LogP contribution >= 0.6 is 0 Å². The number of nitrogens with two attached hydrogens (primary N) is 1. The molecule has 0 aromatic heterocycles. The number of benzene rings is 1. The molecule has 4 heteroatoms. The summed E-state index contributed by atoms with van der Waals surface area (Å²) in [5, 5.41) is 9.85. The lowest BCUT2D eigenvalue weighted by molar-refractivity contribution is 0.121. The molecule has 0 spiro atoms. The van der Waals surface area contributed by atoms with E-state index in [1.54, 1.807) is 0 Å². The fourth-order valence-corrected chi connectivity index (χ4v) is 1.45. The van der Waals surface area contributed by atoms with Crippen LogP contribution in [0.15, 0.2) is 12.1 Å². The summed E-state index contributed by atoms with van der Waals surface area (Å²) in [6.07, 6.45) is 0. The molecule has 0 unspecified atom stereocenters. The zero-order chi connectivity index (χ0) is 12.3. The minimum absolute atomic E-state index is 0.0235. The first kappa shape index (κ1) is 12.8. The number of hydrogen-bond donors (Lipinski definition) is 2. The van der Waals surface area contributed by atoms with Gasteiger partial charge in [-0.15, -0.1) is 0 Å². The molecule has 1 aromatic rings. The van der Waals surface area contributed by atoms with Crippen molar-refractivity contribution in [2.75, 3.05) is 7.11 Å². The van der Waals surface area contributed by atoms with E-state index in [2.05, 4.69) is 25.6 Å². The summed E-state index contributed by atoms with van der Waals surface area (Å²) < 4.78 is 5.12. The molecule has 0 radical (unpaired) electrons. The Kier molecular flexibility index (Phi) is 3.78. The Labute approximate surface area is 95.9 Å². The van der Waals surface area contributed by atoms with Crippen molar-refractivity contribution < 1.29 is 14.7 Å². The molecular formula is C12H19NO3. The number of phenolic OH excluding ortho intramolecular Hbond substituents is 1. The van der Waals surface area contributed by atoms with Crippen LogP contribution in [-0.2, 0) is 16.9 Å². The average Bonchev–Trinajstić information content (AvgIpc) is 2.19. The summed E-state index contributed by atoms with van der Waals surface area (Å²) in [4.78, 5) is 4.56. The predicted molar refractivity (Wildman–Crippen MR) is 62.3 cm³/mol. The second-order valence-corrected chi connectivity index (χ2v) is 4.75. The van der Waals surface area contributed by atoms with E-state index < -0.39 is 0 Å². The highest BCUT2D eigenvalue weighted by atomic mass is 16.6. The molecule has 3 N–H and O–H groups in total. The standard InChI is InChI=1S/C12H19NO3/c1-12(2,3)9-5-8(7-16-13)11(14)10(6-9)15-4/h5-6,14H,7,13H2,1-4H3. The molecule has 16 heavy (non-hydrogen) atoms. The van der Waals surface area contributed by atoms with Gasteiger partial charge in [-0.1, -0.05) is 20.8 Å². The minimum Gasteiger partial charge on any atom is -0.504 e. The third kappa shape index (κ3) is 2.65. The Morgan fingerprint density at radius 2 is 1.94 bits per heavy atom. The molecule has 1 rings (SSSR count). The Balaban J connectivity index is 3.28. The summed E-state index contributed by atoms with van der Waals surface area (Å²) in [7, 11) is 1.52. The first-order valence-corrected chi connectivity index (χ1v) is 5.12. The van der Waals surface area contributed by atoms with Crippen LogP contribution < -0.4 is 10.6 Å². The van der Waals surface area contributed by atoms with Gasteiger partial charge in [0, 0.05) is 5.56 Å². The molecule has 0 heterocycles. The number of hydrogen-bond acceptors (Lipinski definition) is 4. The smallest absolute Gasteiger partial charge is 0.163 e. The van der Waals surface area contributed by atoms with Gasteiger partial charge in [0.25, 0.3) is 0 Å². The zero-order valence-corrected chi connectivity index (χ0v) is 10.2. The quantitative estimate of drug-likeness (QED) is 0.773. The molecule has 0 saturated carbocycles. The maximum Gasteiger partial charge on any atom is 0.163 e. The molecule has 0 bridgehead atoms. The molecular weight excluding hydrogens is 206 g/mol. The van der Waals surface area contributed by atoms with E-state index in [0.29, 0.717) is 11.3 Å². The Hall–Kier alpha value is -1.26. The molecule has 4 nitrogen and oxygen atoms in total. The molecule has 0 aliphatic heterocycles. The van der Waals surface area contributed by atoms with E-state index in [4.69, 9.17) is 10.6 Å². The summed E-state index contributed by atoms with van der Waals surface area (Å²) in [6, 6.07) is 3.71. The van der Waals surface area contributed by atoms with E-state index in [1.165, 1.54) is 7.11 Å². The molecule has 0 fully saturated rings. The fraction of sp³-hybridized carbons (Fsp3) is 0.500. The molecule has 1 aromatic carbocycles. The third-order valence-electron chi connectivity index (χ3n) is 2.48. The lowest BCUT2D eigenvalue weighted by Crippen LogP contribution is -2.12. The summed E-state index contributed by atoms with van der Waals surface area (Å²) in [5.41, 5.74) is 1.67. The largest absolute Gasteiger partial charge is 0.504 e. The first-order valence-electron chi connectivity index (χ1n) is 5.12. The maximum atomic E-state index is 9.85. The predicted octanol–water partition coefficient (Wildman–Crippen LogP) is 2.09. The van der Waals surface area contributed by atoms with Crippen molar-refractivity contribution in [3.63, 3.8) is 0 Å². The fourth-order valence-electron chi connectivity index (χ4n) is 1.45. The van der Waals surface area contributed by atoms with Gasteiger partial charge in [-0.05, 0) is 23.1 Å². The van der Waals surface area contributed by atoms with Crippen LogP contribution in [0.25, 0.3) is 0 Å². The van der Waals surface area contributed by atoms with Crippen LogP contribution in [0.3, 0.4) is 0 Å². The van der Waals surface area contributed by atoms with E-state index in [1.807, 2.05) is 12.1 Å². The van der Waals surface area contributed by atoms with Gasteiger partial charge in [0.2, 0.25) is 0 Å². The zero-order valence-electron chi connectivity index (χ0n) is 10.2. The van der Waals surface area contributed by atoms with Gasteiger partial charge in [0.05, 0.1) is 13.7 Å². The maximum absolute atomic E-state index is 9.85. The summed E-state index contributed by atoms with van der Waals surface area (Å²) in [6.45, 7) is 6.43. The average molecular weight is 225 g/mol. The number of methoxy groups -OCH3 is 1. The van der Waals surface area contributed by atoms with Gasteiger partial charge in [0.1, 0.15) is 0 Å². The molecule has 0 aliphatic carbocycles. The van der Waals surface area contributed by atoms with Gasteiger partial charge in [-0.25, -0.2) is 5.90 Å². The Bertz CT molecular complexity index is 369. The van der Waals surface area contributed by atoms with Crippen LogP contribution in [0.5, 0.6) is 11.5 Å². The van der Waals surface area contributed by atoms with Crippen LogP contribution in [-0.4, -0.2) is 12.2 Å². The normalized spacial score (nSPS) is 11.6. The number of phenols is 1. The van der Waals surface area contributed by atoms with E-state index in [0.717, 1.165) is 5.56 Å². The monoisotopic (exact) mass is 225 g/mol. The number of rotatable bonds is 3. The topological polar surface area (TPSA) is 64.7 Å². The van der Waals surface area contributed by atoms with Crippen molar-refractivity contribution in [1.82, 2.24) is 0 Å². The highest BCUT2D eigenvalue weighted by Gasteiger charge is 2.19. The first-order chi connectivity index (χ1) is 7.40. The van der Waals surface area contributed by atoms with E-state index in [9.17, 15) is 5.11 Å². The van der Waals surface area contributed by atoms with Crippen LogP contribution in [0, 0.1) is 0 Å². The number of aromatic hydroxyl groups is 1. The van der Waals surface area contributed by atoms with Crippen molar-refractivity contribution in [3.8, 4) is 11.5 Å². The van der Waals surface area contributed by atoms with Crippen LogP contribution in [0.4, 0.5) is 0 Å². The SMILES string of the molecule is COc1cc(C(C)(C)C)cc(CON)c1O. The van der Waals surface area contributed by atoms with Crippen LogP contribution in [0.2, 0.25) is 0 Å². The van der Waals surface area contributed by atoms with Crippen molar-refractivity contribution in [2.45, 2.75) is 32.8 Å². The lowest BCUT2D eigenvalue weighted by atomic mass is 9.86. The van der Waals surface area contributed by atoms with Crippen LogP contribution in [0.1, 0.15) is 31.9 Å². The second-order valence-electron chi connectivity index (χ2n) is 4.75. The third-order valence-corrected chi connectivity index (χ3v) is 2.48. The Morgan fingerprint density at radius 3 is 2.38 bits per heavy atom. The summed E-state index contributed by atoms with van der Waals surface area (Å²) >= 11 is 0. The second kappa shape index (κ2) is 4.72. The molecule has 0 saturated heterocycles. The lowest BCUT2D eigenvalue weighted by Gasteiger charge is -2.21. The highest BCUT2D eigenvalue weighted by molar-refractivity contribution is 5.49. The van der Waals surface area contributed by atoms with Crippen molar-refractivity contribution >= 4 is 0 Å². The van der Waals surface area contributed by atoms with Crippen molar-refractivity contribution in [1.29, 1.82) is 0 Å². The number of ether oxygens (including phenoxy) is 1. The van der Waals surface area contributed by atoms with E-state index >= 15 is 0 Å². The van der Waals surface area contributed by atoms with Gasteiger partial charge < -0.3 is 9.84 Å². The van der Waals surface area contributed by atoms with Crippen molar-refractivity contribution in [2.24, 2.45) is 5.90 Å². The highest BCUT2D eigenvalue weighted by Crippen LogP contribution is 2.36. The van der Waals surface area contributed by atoms with Crippen molar-refractivity contribution in [3.05, 3.63) is 23.3 Å². The Morgan fingerprint density at radius 1 is 1.31 bits per heavy atom. The van der Waals surface area contributed by atoms with Gasteiger partial charge >= 0.3 is 0 Å². The van der Waals surface area contributed by atoms with Gasteiger partial charge in [-0.3, -0.25) is 4.84 Å². The van der Waals surface area contributed by atoms with Gasteiger partial charge in [-0.2, -0.15) is 0 Å². The molecule has 0 amide bonds. The molecule has 0 aliphatic rings.